The molecule has 0 saturated carbocycles. The fourth-order valence-corrected chi connectivity index (χ4v) is 1.79. The van der Waals surface area contributed by atoms with Crippen LogP contribution in [0.5, 0.6) is 0 Å². The summed E-state index contributed by atoms with van der Waals surface area (Å²) in [6, 6.07) is 6.82. The second-order valence-corrected chi connectivity index (χ2v) is 4.32. The first kappa shape index (κ1) is 12.5. The number of hydrogen-bond acceptors (Lipinski definition) is 1. The Morgan fingerprint density at radius 2 is 1.87 bits per heavy atom. The molecule has 0 aliphatic heterocycles. The Bertz CT molecular complexity index is 284. The zero-order valence-electron chi connectivity index (χ0n) is 9.13. The van der Waals surface area contributed by atoms with Crippen molar-refractivity contribution < 1.29 is 4.39 Å². The summed E-state index contributed by atoms with van der Waals surface area (Å²) in [7, 11) is 0. The van der Waals surface area contributed by atoms with Gasteiger partial charge in [-0.15, -0.1) is 11.6 Å². The van der Waals surface area contributed by atoms with Crippen molar-refractivity contribution in [1.29, 1.82) is 0 Å². The van der Waals surface area contributed by atoms with Crippen molar-refractivity contribution in [3.63, 3.8) is 0 Å². The summed E-state index contributed by atoms with van der Waals surface area (Å²) in [4.78, 5) is 0. The van der Waals surface area contributed by atoms with Gasteiger partial charge in [-0.25, -0.2) is 4.39 Å². The van der Waals surface area contributed by atoms with E-state index in [1.54, 1.807) is 12.1 Å². The lowest BCUT2D eigenvalue weighted by Gasteiger charge is -2.19. The Balaban J connectivity index is 2.45. The third-order valence-electron chi connectivity index (χ3n) is 2.45. The molecule has 0 aromatic heterocycles. The highest BCUT2D eigenvalue weighted by Gasteiger charge is 2.10. The van der Waals surface area contributed by atoms with Crippen LogP contribution in [0.3, 0.4) is 0 Å². The average molecular weight is 230 g/mol. The molecular formula is C12H17ClFN. The summed E-state index contributed by atoms with van der Waals surface area (Å²) >= 11 is 5.83. The molecule has 1 atom stereocenters. The van der Waals surface area contributed by atoms with E-state index in [0.29, 0.717) is 17.8 Å². The van der Waals surface area contributed by atoms with E-state index < -0.39 is 0 Å². The van der Waals surface area contributed by atoms with Crippen molar-refractivity contribution in [3.05, 3.63) is 35.6 Å². The number of benzene rings is 1. The van der Waals surface area contributed by atoms with Crippen LogP contribution in [0.1, 0.15) is 19.4 Å². The van der Waals surface area contributed by atoms with Crippen molar-refractivity contribution >= 4 is 11.6 Å². The van der Waals surface area contributed by atoms with Crippen LogP contribution >= 0.6 is 11.6 Å². The zero-order valence-corrected chi connectivity index (χ0v) is 9.89. The van der Waals surface area contributed by atoms with Crippen LogP contribution in [0.2, 0.25) is 0 Å². The van der Waals surface area contributed by atoms with Crippen molar-refractivity contribution in [2.24, 2.45) is 5.92 Å². The van der Waals surface area contributed by atoms with Crippen LogP contribution in [-0.2, 0) is 6.54 Å². The smallest absolute Gasteiger partial charge is 0.123 e. The van der Waals surface area contributed by atoms with Crippen molar-refractivity contribution in [1.82, 2.24) is 5.32 Å². The molecule has 0 heterocycles. The lowest BCUT2D eigenvalue weighted by Crippen LogP contribution is -2.34. The molecule has 1 aromatic rings. The quantitative estimate of drug-likeness (QED) is 0.765. The highest BCUT2D eigenvalue weighted by molar-refractivity contribution is 6.18. The van der Waals surface area contributed by atoms with Gasteiger partial charge < -0.3 is 5.32 Å². The van der Waals surface area contributed by atoms with Crippen LogP contribution < -0.4 is 5.32 Å². The number of hydrogen-bond donors (Lipinski definition) is 1. The maximum atomic E-state index is 12.6. The van der Waals surface area contributed by atoms with E-state index in [1.165, 1.54) is 12.1 Å². The van der Waals surface area contributed by atoms with Crippen LogP contribution in [0.15, 0.2) is 24.3 Å². The lowest BCUT2D eigenvalue weighted by molar-refractivity contribution is 0.430. The molecule has 0 radical (unpaired) electrons. The summed E-state index contributed by atoms with van der Waals surface area (Å²) in [5.74, 6) is 0.901. The molecule has 0 spiro atoms. The van der Waals surface area contributed by atoms with Gasteiger partial charge in [0.15, 0.2) is 0 Å². The van der Waals surface area contributed by atoms with Gasteiger partial charge in [-0.1, -0.05) is 26.0 Å². The largest absolute Gasteiger partial charge is 0.308 e. The fraction of sp³-hybridized carbons (Fsp3) is 0.500. The third-order valence-corrected chi connectivity index (χ3v) is 2.79. The molecule has 1 nitrogen and oxygen atoms in total. The highest BCUT2D eigenvalue weighted by atomic mass is 35.5. The number of halogens is 2. The molecule has 1 rings (SSSR count). The SMILES string of the molecule is CC(C)C(CCl)NCc1ccc(F)cc1. The molecule has 0 saturated heterocycles. The van der Waals surface area contributed by atoms with E-state index in [9.17, 15) is 4.39 Å². The molecule has 0 aliphatic rings. The van der Waals surface area contributed by atoms with Gasteiger partial charge in [-0.3, -0.25) is 0 Å². The van der Waals surface area contributed by atoms with Gasteiger partial charge in [0.25, 0.3) is 0 Å². The van der Waals surface area contributed by atoms with Gasteiger partial charge >= 0.3 is 0 Å². The van der Waals surface area contributed by atoms with Crippen molar-refractivity contribution in [2.45, 2.75) is 26.4 Å². The van der Waals surface area contributed by atoms with Gasteiger partial charge in [0.2, 0.25) is 0 Å². The Kier molecular flexibility index (Phi) is 5.06. The Hall–Kier alpha value is -0.600. The van der Waals surface area contributed by atoms with E-state index in [2.05, 4.69) is 19.2 Å². The zero-order chi connectivity index (χ0) is 11.3. The van der Waals surface area contributed by atoms with E-state index in [1.807, 2.05) is 0 Å². The fourth-order valence-electron chi connectivity index (χ4n) is 1.32. The predicted octanol–water partition coefficient (Wildman–Crippen LogP) is 3.18. The second-order valence-electron chi connectivity index (χ2n) is 4.01. The molecule has 3 heteroatoms. The van der Waals surface area contributed by atoms with E-state index in [-0.39, 0.29) is 5.82 Å². The van der Waals surface area contributed by atoms with Crippen LogP contribution in [0, 0.1) is 11.7 Å². The Morgan fingerprint density at radius 1 is 1.27 bits per heavy atom. The van der Waals surface area contributed by atoms with E-state index in [4.69, 9.17) is 11.6 Å². The summed E-state index contributed by atoms with van der Waals surface area (Å²) in [5, 5.41) is 3.35. The molecule has 15 heavy (non-hydrogen) atoms. The van der Waals surface area contributed by atoms with E-state index in [0.717, 1.165) is 12.1 Å². The number of alkyl halides is 1. The minimum atomic E-state index is -0.198. The van der Waals surface area contributed by atoms with Gasteiger partial charge in [0.05, 0.1) is 0 Å². The molecular weight excluding hydrogens is 213 g/mol. The second kappa shape index (κ2) is 6.09. The molecule has 84 valence electrons. The maximum Gasteiger partial charge on any atom is 0.123 e. The third kappa shape index (κ3) is 4.18. The Labute approximate surface area is 95.6 Å². The molecule has 0 bridgehead atoms. The first-order chi connectivity index (χ1) is 7.13. The molecule has 1 N–H and O–H groups in total. The first-order valence-electron chi connectivity index (χ1n) is 5.17. The topological polar surface area (TPSA) is 12.0 Å². The van der Waals surface area contributed by atoms with Crippen molar-refractivity contribution in [2.75, 3.05) is 5.88 Å². The van der Waals surface area contributed by atoms with Gasteiger partial charge in [-0.05, 0) is 23.6 Å². The van der Waals surface area contributed by atoms with Gasteiger partial charge in [-0.2, -0.15) is 0 Å². The normalized spacial score (nSPS) is 13.1. The Morgan fingerprint density at radius 3 is 2.33 bits per heavy atom. The summed E-state index contributed by atoms with van der Waals surface area (Å²) in [5.41, 5.74) is 1.08. The molecule has 0 amide bonds. The summed E-state index contributed by atoms with van der Waals surface area (Å²) in [6.07, 6.45) is 0. The van der Waals surface area contributed by atoms with Gasteiger partial charge in [0.1, 0.15) is 5.82 Å². The molecule has 0 fully saturated rings. The van der Waals surface area contributed by atoms with E-state index >= 15 is 0 Å². The van der Waals surface area contributed by atoms with Crippen LogP contribution in [0.25, 0.3) is 0 Å². The molecule has 1 aromatic carbocycles. The highest BCUT2D eigenvalue weighted by Crippen LogP contribution is 2.07. The summed E-state index contributed by atoms with van der Waals surface area (Å²) < 4.78 is 12.6. The van der Waals surface area contributed by atoms with Crippen LogP contribution in [-0.4, -0.2) is 11.9 Å². The summed E-state index contributed by atoms with van der Waals surface area (Å²) in [6.45, 7) is 4.99. The number of rotatable bonds is 5. The minimum Gasteiger partial charge on any atom is -0.308 e. The van der Waals surface area contributed by atoms with Crippen LogP contribution in [0.4, 0.5) is 4.39 Å². The molecule has 0 aliphatic carbocycles. The first-order valence-corrected chi connectivity index (χ1v) is 5.70. The van der Waals surface area contributed by atoms with Crippen molar-refractivity contribution in [3.8, 4) is 0 Å². The van der Waals surface area contributed by atoms with Gasteiger partial charge in [0, 0.05) is 18.5 Å². The maximum absolute atomic E-state index is 12.6. The monoisotopic (exact) mass is 229 g/mol. The predicted molar refractivity (Wildman–Crippen MR) is 62.6 cm³/mol. The molecule has 1 unspecified atom stereocenters. The lowest BCUT2D eigenvalue weighted by atomic mass is 10.1. The minimum absolute atomic E-state index is 0.198. The number of nitrogens with one attached hydrogen (secondary N) is 1. The average Bonchev–Trinajstić information content (AvgIpc) is 2.21. The standard InChI is InChI=1S/C12H17ClFN/c1-9(2)12(7-13)15-8-10-3-5-11(14)6-4-10/h3-6,9,12,15H,7-8H2,1-2H3.